The molecule has 2 aromatic heterocycles. The maximum Gasteiger partial charge on any atom is 0.229 e. The van der Waals surface area contributed by atoms with E-state index >= 15 is 0 Å². The van der Waals surface area contributed by atoms with E-state index in [0.717, 1.165) is 67.9 Å². The van der Waals surface area contributed by atoms with E-state index < -0.39 is 0 Å². The first-order valence-electron chi connectivity index (χ1n) is 7.76. The Labute approximate surface area is 124 Å². The number of hydrogen-bond acceptors (Lipinski definition) is 5. The molecule has 0 spiro atoms. The second-order valence-electron chi connectivity index (χ2n) is 5.86. The van der Waals surface area contributed by atoms with Gasteiger partial charge in [0.1, 0.15) is 11.5 Å². The summed E-state index contributed by atoms with van der Waals surface area (Å²) in [6.07, 6.45) is 2.50. The highest BCUT2D eigenvalue weighted by atomic mass is 16.5. The van der Waals surface area contributed by atoms with Crippen LogP contribution in [0.2, 0.25) is 0 Å². The number of aromatic nitrogens is 3. The van der Waals surface area contributed by atoms with Crippen molar-refractivity contribution < 1.29 is 4.74 Å². The molecular formula is C15H21N5O. The first-order chi connectivity index (χ1) is 10.3. The number of hydrogen-bond donors (Lipinski definition) is 1. The van der Waals surface area contributed by atoms with Crippen LogP contribution in [0.4, 0.5) is 11.8 Å². The van der Waals surface area contributed by atoms with E-state index in [2.05, 4.69) is 27.8 Å². The largest absolute Gasteiger partial charge is 0.378 e. The van der Waals surface area contributed by atoms with E-state index in [1.54, 1.807) is 0 Å². The summed E-state index contributed by atoms with van der Waals surface area (Å²) in [5.74, 6) is 1.91. The second kappa shape index (κ2) is 5.18. The lowest BCUT2D eigenvalue weighted by Gasteiger charge is -2.28. The van der Waals surface area contributed by atoms with E-state index in [1.165, 1.54) is 12.8 Å². The summed E-state index contributed by atoms with van der Waals surface area (Å²) in [5, 5.41) is 1.14. The molecule has 1 N–H and O–H groups in total. The van der Waals surface area contributed by atoms with Crippen molar-refractivity contribution in [2.24, 2.45) is 0 Å². The number of ether oxygens (including phenoxy) is 1. The van der Waals surface area contributed by atoms with Crippen LogP contribution in [-0.2, 0) is 4.74 Å². The van der Waals surface area contributed by atoms with Crippen molar-refractivity contribution in [3.63, 3.8) is 0 Å². The minimum atomic E-state index is 0.754. The molecule has 2 aromatic rings. The maximum atomic E-state index is 5.43. The molecule has 0 amide bonds. The first kappa shape index (κ1) is 12.9. The molecule has 0 bridgehead atoms. The van der Waals surface area contributed by atoms with Gasteiger partial charge in [0.25, 0.3) is 0 Å². The summed E-state index contributed by atoms with van der Waals surface area (Å²) in [6, 6.07) is 2.16. The van der Waals surface area contributed by atoms with Crippen molar-refractivity contribution in [3.8, 4) is 0 Å². The van der Waals surface area contributed by atoms with Crippen LogP contribution in [-0.4, -0.2) is 54.3 Å². The van der Waals surface area contributed by atoms with E-state index in [1.807, 2.05) is 0 Å². The second-order valence-corrected chi connectivity index (χ2v) is 5.86. The highest BCUT2D eigenvalue weighted by Gasteiger charge is 2.22. The van der Waals surface area contributed by atoms with E-state index in [-0.39, 0.29) is 0 Å². The van der Waals surface area contributed by atoms with Gasteiger partial charge in [-0.2, -0.15) is 9.97 Å². The Balaban J connectivity index is 1.80. The van der Waals surface area contributed by atoms with Gasteiger partial charge >= 0.3 is 0 Å². The predicted molar refractivity (Wildman–Crippen MR) is 83.1 cm³/mol. The highest BCUT2D eigenvalue weighted by molar-refractivity contribution is 5.89. The van der Waals surface area contributed by atoms with E-state index in [4.69, 9.17) is 14.7 Å². The van der Waals surface area contributed by atoms with Crippen molar-refractivity contribution >= 4 is 22.8 Å². The number of rotatable bonds is 2. The van der Waals surface area contributed by atoms with Gasteiger partial charge in [-0.25, -0.2) is 0 Å². The molecule has 6 nitrogen and oxygen atoms in total. The Bertz CT molecular complexity index is 641. The Morgan fingerprint density at radius 2 is 1.81 bits per heavy atom. The zero-order chi connectivity index (χ0) is 14.2. The number of fused-ring (bicyclic) bond motifs is 1. The van der Waals surface area contributed by atoms with Crippen molar-refractivity contribution in [1.82, 2.24) is 15.0 Å². The van der Waals surface area contributed by atoms with Crippen LogP contribution in [0.15, 0.2) is 6.07 Å². The number of aryl methyl sites for hydroxylation is 1. The van der Waals surface area contributed by atoms with E-state index in [9.17, 15) is 0 Å². The van der Waals surface area contributed by atoms with Gasteiger partial charge in [0.05, 0.1) is 18.6 Å². The van der Waals surface area contributed by atoms with Crippen LogP contribution in [0.5, 0.6) is 0 Å². The molecule has 0 saturated carbocycles. The summed E-state index contributed by atoms with van der Waals surface area (Å²) in [7, 11) is 0. The normalized spacial score (nSPS) is 19.7. The quantitative estimate of drug-likeness (QED) is 0.911. The van der Waals surface area contributed by atoms with Gasteiger partial charge in [-0.05, 0) is 25.8 Å². The van der Waals surface area contributed by atoms with Crippen LogP contribution >= 0.6 is 0 Å². The fraction of sp³-hybridized carbons (Fsp3) is 0.600. The van der Waals surface area contributed by atoms with Crippen LogP contribution in [0, 0.1) is 6.92 Å². The van der Waals surface area contributed by atoms with E-state index in [0.29, 0.717) is 0 Å². The summed E-state index contributed by atoms with van der Waals surface area (Å²) >= 11 is 0. The Hall–Kier alpha value is -1.82. The molecule has 0 aromatic carbocycles. The number of H-pyrrole nitrogens is 1. The van der Waals surface area contributed by atoms with Gasteiger partial charge in [0, 0.05) is 31.9 Å². The number of aromatic amines is 1. The third-order valence-electron chi connectivity index (χ3n) is 4.29. The molecule has 2 aliphatic heterocycles. The summed E-state index contributed by atoms with van der Waals surface area (Å²) in [4.78, 5) is 17.6. The topological polar surface area (TPSA) is 57.3 Å². The molecule has 0 radical (unpaired) electrons. The Kier molecular flexibility index (Phi) is 3.18. The fourth-order valence-corrected chi connectivity index (χ4v) is 3.19. The number of morpholine rings is 1. The maximum absolute atomic E-state index is 5.43. The van der Waals surface area contributed by atoms with Gasteiger partial charge < -0.3 is 19.5 Å². The van der Waals surface area contributed by atoms with Gasteiger partial charge in [0.2, 0.25) is 5.95 Å². The molecule has 112 valence electrons. The molecule has 2 aliphatic rings. The third kappa shape index (κ3) is 2.33. The molecule has 4 rings (SSSR count). The smallest absolute Gasteiger partial charge is 0.229 e. The standard InChI is InChI=1S/C15H21N5O/c1-11-10-12-13(16-11)17-15(20-6-8-21-9-7-20)18-14(12)19-4-2-3-5-19/h10H,2-9H2,1H3,(H,16,17,18). The van der Waals surface area contributed by atoms with Gasteiger partial charge in [-0.1, -0.05) is 0 Å². The van der Waals surface area contributed by atoms with Crippen LogP contribution in [0.3, 0.4) is 0 Å². The average molecular weight is 287 g/mol. The first-order valence-corrected chi connectivity index (χ1v) is 7.76. The lowest BCUT2D eigenvalue weighted by molar-refractivity contribution is 0.122. The Morgan fingerprint density at radius 3 is 2.57 bits per heavy atom. The number of nitrogens with one attached hydrogen (secondary N) is 1. The molecule has 2 saturated heterocycles. The zero-order valence-electron chi connectivity index (χ0n) is 12.4. The highest BCUT2D eigenvalue weighted by Crippen LogP contribution is 2.29. The van der Waals surface area contributed by atoms with Crippen molar-refractivity contribution in [2.45, 2.75) is 19.8 Å². The molecular weight excluding hydrogens is 266 g/mol. The number of anilines is 2. The molecule has 4 heterocycles. The molecule has 0 aliphatic carbocycles. The average Bonchev–Trinajstić information content (AvgIpc) is 3.15. The third-order valence-corrected chi connectivity index (χ3v) is 4.29. The predicted octanol–water partition coefficient (Wildman–Crippen LogP) is 1.70. The van der Waals surface area contributed by atoms with Gasteiger partial charge in [-0.15, -0.1) is 0 Å². The van der Waals surface area contributed by atoms with Crippen molar-refractivity contribution in [3.05, 3.63) is 11.8 Å². The SMILES string of the molecule is Cc1cc2c(N3CCCC3)nc(N3CCOCC3)nc2[nH]1. The minimum Gasteiger partial charge on any atom is -0.378 e. The Morgan fingerprint density at radius 1 is 1.05 bits per heavy atom. The minimum absolute atomic E-state index is 0.754. The van der Waals surface area contributed by atoms with Gasteiger partial charge in [0.15, 0.2) is 0 Å². The summed E-state index contributed by atoms with van der Waals surface area (Å²) in [5.41, 5.74) is 2.09. The van der Waals surface area contributed by atoms with Crippen LogP contribution in [0.25, 0.3) is 11.0 Å². The van der Waals surface area contributed by atoms with Crippen molar-refractivity contribution in [1.29, 1.82) is 0 Å². The number of nitrogens with zero attached hydrogens (tertiary/aromatic N) is 4. The van der Waals surface area contributed by atoms with Crippen LogP contribution in [0.1, 0.15) is 18.5 Å². The molecule has 0 atom stereocenters. The monoisotopic (exact) mass is 287 g/mol. The molecule has 2 fully saturated rings. The lowest BCUT2D eigenvalue weighted by Crippen LogP contribution is -2.37. The molecule has 21 heavy (non-hydrogen) atoms. The van der Waals surface area contributed by atoms with Crippen LogP contribution < -0.4 is 9.80 Å². The van der Waals surface area contributed by atoms with Gasteiger partial charge in [-0.3, -0.25) is 0 Å². The lowest BCUT2D eigenvalue weighted by atomic mass is 10.3. The molecule has 6 heteroatoms. The summed E-state index contributed by atoms with van der Waals surface area (Å²) < 4.78 is 5.43. The van der Waals surface area contributed by atoms with Crippen molar-refractivity contribution in [2.75, 3.05) is 49.2 Å². The molecule has 0 unspecified atom stereocenters. The zero-order valence-corrected chi connectivity index (χ0v) is 12.4. The summed E-state index contributed by atoms with van der Waals surface area (Å²) in [6.45, 7) is 7.51. The fourth-order valence-electron chi connectivity index (χ4n) is 3.19.